The van der Waals surface area contributed by atoms with Crippen LogP contribution in [0.3, 0.4) is 0 Å². The van der Waals surface area contributed by atoms with Crippen molar-refractivity contribution in [3.8, 4) is 0 Å². The number of rotatable bonds is 5. The van der Waals surface area contributed by atoms with Crippen LogP contribution in [-0.4, -0.2) is 19.5 Å². The van der Waals surface area contributed by atoms with Gasteiger partial charge < -0.3 is 5.11 Å². The summed E-state index contributed by atoms with van der Waals surface area (Å²) in [6.07, 6.45) is 0.307. The smallest absolute Gasteiger partial charge is 0.336 e. The second-order valence-electron chi connectivity index (χ2n) is 4.65. The Labute approximate surface area is 124 Å². The van der Waals surface area contributed by atoms with E-state index >= 15 is 0 Å². The van der Waals surface area contributed by atoms with Crippen LogP contribution in [0.15, 0.2) is 59.5 Å². The monoisotopic (exact) mass is 304 g/mol. The van der Waals surface area contributed by atoms with Crippen molar-refractivity contribution < 1.29 is 18.3 Å². The van der Waals surface area contributed by atoms with E-state index in [-0.39, 0.29) is 10.5 Å². The predicted molar refractivity (Wildman–Crippen MR) is 80.1 cm³/mol. The van der Waals surface area contributed by atoms with Gasteiger partial charge in [0, 0.05) is 0 Å². The Morgan fingerprint density at radius 1 is 1.05 bits per heavy atom. The number of hydrogen-bond donors (Lipinski definition) is 1. The van der Waals surface area contributed by atoms with E-state index in [0.29, 0.717) is 12.0 Å². The normalized spacial score (nSPS) is 12.8. The van der Waals surface area contributed by atoms with E-state index < -0.39 is 21.1 Å². The first-order chi connectivity index (χ1) is 9.98. The van der Waals surface area contributed by atoms with Gasteiger partial charge in [-0.25, -0.2) is 13.2 Å². The van der Waals surface area contributed by atoms with Crippen LogP contribution in [0.1, 0.15) is 34.5 Å². The predicted octanol–water partition coefficient (Wildman–Crippen LogP) is 3.31. The zero-order chi connectivity index (χ0) is 15.5. The maximum Gasteiger partial charge on any atom is 0.336 e. The first-order valence-electron chi connectivity index (χ1n) is 6.59. The Hall–Kier alpha value is -2.14. The fourth-order valence-corrected chi connectivity index (χ4v) is 4.20. The Kier molecular flexibility index (Phi) is 4.43. The van der Waals surface area contributed by atoms with E-state index in [9.17, 15) is 18.3 Å². The molecule has 1 unspecified atom stereocenters. The lowest BCUT2D eigenvalue weighted by Crippen LogP contribution is -2.16. The van der Waals surface area contributed by atoms with Gasteiger partial charge in [-0.1, -0.05) is 43.3 Å². The minimum Gasteiger partial charge on any atom is -0.478 e. The lowest BCUT2D eigenvalue weighted by molar-refractivity contribution is 0.0695. The van der Waals surface area contributed by atoms with Gasteiger partial charge in [0.25, 0.3) is 0 Å². The molecule has 0 saturated heterocycles. The molecule has 1 atom stereocenters. The molecule has 5 heteroatoms. The lowest BCUT2D eigenvalue weighted by Gasteiger charge is -2.18. The van der Waals surface area contributed by atoms with Gasteiger partial charge in [0.05, 0.1) is 15.7 Å². The van der Waals surface area contributed by atoms with E-state index in [1.807, 2.05) is 0 Å². The molecule has 0 amide bonds. The van der Waals surface area contributed by atoms with Crippen LogP contribution in [0.4, 0.5) is 0 Å². The van der Waals surface area contributed by atoms with E-state index in [2.05, 4.69) is 0 Å². The largest absolute Gasteiger partial charge is 0.478 e. The van der Waals surface area contributed by atoms with Crippen molar-refractivity contribution in [2.24, 2.45) is 0 Å². The minimum atomic E-state index is -3.62. The molecule has 0 spiro atoms. The topological polar surface area (TPSA) is 71.4 Å². The van der Waals surface area contributed by atoms with Crippen molar-refractivity contribution in [3.63, 3.8) is 0 Å². The number of carbonyl (C=O) groups is 1. The van der Waals surface area contributed by atoms with E-state index in [1.54, 1.807) is 43.3 Å². The number of sulfone groups is 1. The summed E-state index contributed by atoms with van der Waals surface area (Å²) < 4.78 is 25.5. The molecule has 0 saturated carbocycles. The van der Waals surface area contributed by atoms with Crippen molar-refractivity contribution >= 4 is 15.8 Å². The van der Waals surface area contributed by atoms with Crippen LogP contribution in [-0.2, 0) is 9.84 Å². The van der Waals surface area contributed by atoms with Gasteiger partial charge in [0.1, 0.15) is 0 Å². The molecular formula is C16H16O4S. The van der Waals surface area contributed by atoms with Gasteiger partial charge >= 0.3 is 5.97 Å². The number of carboxylic acid groups (broad SMARTS) is 1. The van der Waals surface area contributed by atoms with Gasteiger partial charge in [0.2, 0.25) is 0 Å². The fourth-order valence-electron chi connectivity index (χ4n) is 2.35. The van der Waals surface area contributed by atoms with E-state index in [4.69, 9.17) is 0 Å². The third kappa shape index (κ3) is 2.97. The molecule has 2 rings (SSSR count). The maximum absolute atomic E-state index is 12.7. The van der Waals surface area contributed by atoms with Gasteiger partial charge in [0.15, 0.2) is 9.84 Å². The lowest BCUT2D eigenvalue weighted by atomic mass is 10.0. The molecule has 0 bridgehead atoms. The molecule has 4 nitrogen and oxygen atoms in total. The molecule has 0 aliphatic carbocycles. The highest BCUT2D eigenvalue weighted by atomic mass is 32.2. The Morgan fingerprint density at radius 2 is 1.62 bits per heavy atom. The summed E-state index contributed by atoms with van der Waals surface area (Å²) in [5.41, 5.74) is 0.361. The first-order valence-corrected chi connectivity index (χ1v) is 8.14. The molecule has 0 fully saturated rings. The maximum atomic E-state index is 12.7. The summed E-state index contributed by atoms with van der Waals surface area (Å²) in [7, 11) is -3.62. The molecule has 2 aromatic carbocycles. The van der Waals surface area contributed by atoms with Crippen LogP contribution in [0.5, 0.6) is 0 Å². The number of benzene rings is 2. The van der Waals surface area contributed by atoms with Crippen LogP contribution >= 0.6 is 0 Å². The summed E-state index contributed by atoms with van der Waals surface area (Å²) in [5, 5.41) is 8.38. The van der Waals surface area contributed by atoms with Crippen molar-refractivity contribution in [1.29, 1.82) is 0 Å². The van der Waals surface area contributed by atoms with Gasteiger partial charge in [-0.3, -0.25) is 0 Å². The molecule has 1 N–H and O–H groups in total. The van der Waals surface area contributed by atoms with Gasteiger partial charge in [-0.15, -0.1) is 0 Å². The highest BCUT2D eigenvalue weighted by Crippen LogP contribution is 2.33. The average molecular weight is 304 g/mol. The van der Waals surface area contributed by atoms with Crippen molar-refractivity contribution in [2.45, 2.75) is 23.5 Å². The molecule has 0 radical (unpaired) electrons. The fraction of sp³-hybridized carbons (Fsp3) is 0.188. The SMILES string of the molecule is CCC(c1ccccc1C(=O)O)S(=O)(=O)c1ccccc1. The van der Waals surface area contributed by atoms with Gasteiger partial charge in [-0.05, 0) is 30.2 Å². The number of aromatic carboxylic acids is 1. The highest BCUT2D eigenvalue weighted by Gasteiger charge is 2.30. The third-order valence-corrected chi connectivity index (χ3v) is 5.62. The Balaban J connectivity index is 2.58. The minimum absolute atomic E-state index is 0.0313. The molecule has 2 aromatic rings. The molecular weight excluding hydrogens is 288 g/mol. The van der Waals surface area contributed by atoms with Crippen LogP contribution in [0.25, 0.3) is 0 Å². The second-order valence-corrected chi connectivity index (χ2v) is 6.78. The summed E-state index contributed by atoms with van der Waals surface area (Å²) in [6.45, 7) is 1.74. The molecule has 21 heavy (non-hydrogen) atoms. The Bertz CT molecular complexity index is 736. The van der Waals surface area contributed by atoms with Gasteiger partial charge in [-0.2, -0.15) is 0 Å². The summed E-state index contributed by atoms with van der Waals surface area (Å²) in [5.74, 6) is -1.12. The van der Waals surface area contributed by atoms with Crippen LogP contribution in [0, 0.1) is 0 Å². The second kappa shape index (κ2) is 6.10. The molecule has 0 heterocycles. The van der Waals surface area contributed by atoms with Crippen LogP contribution in [0.2, 0.25) is 0 Å². The average Bonchev–Trinajstić information content (AvgIpc) is 2.49. The summed E-state index contributed by atoms with van der Waals surface area (Å²) in [4.78, 5) is 11.5. The quantitative estimate of drug-likeness (QED) is 0.920. The van der Waals surface area contributed by atoms with E-state index in [1.165, 1.54) is 18.2 Å². The molecule has 0 aliphatic heterocycles. The highest BCUT2D eigenvalue weighted by molar-refractivity contribution is 7.91. The third-order valence-electron chi connectivity index (χ3n) is 3.36. The first kappa shape index (κ1) is 15.3. The van der Waals surface area contributed by atoms with Crippen molar-refractivity contribution in [2.75, 3.05) is 0 Å². The molecule has 0 aromatic heterocycles. The van der Waals surface area contributed by atoms with Crippen LogP contribution < -0.4 is 0 Å². The summed E-state index contributed by atoms with van der Waals surface area (Å²) in [6, 6.07) is 14.4. The molecule has 0 aliphatic rings. The van der Waals surface area contributed by atoms with Crippen molar-refractivity contribution in [3.05, 3.63) is 65.7 Å². The zero-order valence-electron chi connectivity index (χ0n) is 11.6. The Morgan fingerprint density at radius 3 is 2.19 bits per heavy atom. The molecule has 110 valence electrons. The number of carboxylic acids is 1. The standard InChI is InChI=1S/C16H16O4S/c1-2-15(13-10-6-7-11-14(13)16(17)18)21(19,20)12-8-4-3-5-9-12/h3-11,15H,2H2,1H3,(H,17,18). The summed E-state index contributed by atoms with van der Waals surface area (Å²) >= 11 is 0. The van der Waals surface area contributed by atoms with E-state index in [0.717, 1.165) is 0 Å². The zero-order valence-corrected chi connectivity index (χ0v) is 12.4. The number of hydrogen-bond acceptors (Lipinski definition) is 3. The van der Waals surface area contributed by atoms with Crippen molar-refractivity contribution in [1.82, 2.24) is 0 Å².